The molecule has 0 radical (unpaired) electrons. The molecular weight excluding hydrogens is 266 g/mol. The minimum absolute atomic E-state index is 0.183. The predicted octanol–water partition coefficient (Wildman–Crippen LogP) is -1.07. The molecule has 0 aromatic carbocycles. The van der Waals surface area contributed by atoms with Crippen molar-refractivity contribution in [2.45, 2.75) is 18.6 Å². The van der Waals surface area contributed by atoms with E-state index in [9.17, 15) is 13.2 Å². The molecule has 0 saturated carbocycles. The third-order valence-corrected chi connectivity index (χ3v) is 6.06. The third-order valence-electron chi connectivity index (χ3n) is 3.93. The molecule has 1 N–H and O–H groups in total. The number of carbonyl (C=O) groups excluding carboxylic acids is 1. The number of hydrogen-bond acceptors (Lipinski definition) is 5. The normalized spacial score (nSPS) is 28.3. The van der Waals surface area contributed by atoms with Crippen molar-refractivity contribution in [3.8, 4) is 0 Å². The van der Waals surface area contributed by atoms with Crippen molar-refractivity contribution >= 4 is 15.7 Å². The van der Waals surface area contributed by atoms with Gasteiger partial charge in [-0.25, -0.2) is 8.42 Å². The quantitative estimate of drug-likeness (QED) is 0.716. The van der Waals surface area contributed by atoms with Crippen molar-refractivity contribution in [1.82, 2.24) is 15.1 Å². The van der Waals surface area contributed by atoms with Crippen molar-refractivity contribution in [2.24, 2.45) is 0 Å². The van der Waals surface area contributed by atoms with E-state index in [1.54, 1.807) is 6.92 Å². The van der Waals surface area contributed by atoms with Crippen molar-refractivity contribution in [3.63, 3.8) is 0 Å². The number of rotatable bonds is 3. The van der Waals surface area contributed by atoms with Crippen LogP contribution < -0.4 is 5.32 Å². The fourth-order valence-corrected chi connectivity index (χ4v) is 3.91. The topological polar surface area (TPSA) is 69.7 Å². The fraction of sp³-hybridized carbons (Fsp3) is 0.917. The molecule has 2 aliphatic rings. The van der Waals surface area contributed by atoms with E-state index in [2.05, 4.69) is 10.2 Å². The van der Waals surface area contributed by atoms with Gasteiger partial charge in [-0.3, -0.25) is 4.79 Å². The van der Waals surface area contributed by atoms with Crippen LogP contribution in [0.3, 0.4) is 0 Å². The maximum Gasteiger partial charge on any atom is 0.223 e. The maximum atomic E-state index is 12.0. The summed E-state index contributed by atoms with van der Waals surface area (Å²) in [4.78, 5) is 16.0. The molecule has 110 valence electrons. The zero-order valence-corrected chi connectivity index (χ0v) is 12.3. The van der Waals surface area contributed by atoms with E-state index in [0.717, 1.165) is 26.2 Å². The number of nitrogens with one attached hydrogen (secondary N) is 1. The highest BCUT2D eigenvalue weighted by Crippen LogP contribution is 2.12. The molecule has 2 aliphatic heterocycles. The second kappa shape index (κ2) is 6.19. The van der Waals surface area contributed by atoms with Crippen molar-refractivity contribution in [3.05, 3.63) is 0 Å². The van der Waals surface area contributed by atoms with E-state index < -0.39 is 9.84 Å². The Balaban J connectivity index is 1.75. The zero-order chi connectivity index (χ0) is 13.9. The molecule has 2 fully saturated rings. The van der Waals surface area contributed by atoms with Gasteiger partial charge in [-0.1, -0.05) is 0 Å². The molecule has 7 heteroatoms. The standard InChI is InChI=1S/C12H23N3O3S/c1-11-10-14(8-9-19(11,17)18)5-2-12(16)15-6-3-13-4-7-15/h11,13H,2-10H2,1H3. The summed E-state index contributed by atoms with van der Waals surface area (Å²) >= 11 is 0. The fourth-order valence-electron chi connectivity index (χ4n) is 2.56. The predicted molar refractivity (Wildman–Crippen MR) is 73.8 cm³/mol. The van der Waals surface area contributed by atoms with Crippen LogP contribution in [0.25, 0.3) is 0 Å². The summed E-state index contributed by atoms with van der Waals surface area (Å²) in [6, 6.07) is 0. The molecule has 2 saturated heterocycles. The lowest BCUT2D eigenvalue weighted by Crippen LogP contribution is -2.49. The minimum Gasteiger partial charge on any atom is -0.340 e. The van der Waals surface area contributed by atoms with Crippen LogP contribution in [0.2, 0.25) is 0 Å². The number of sulfone groups is 1. The number of nitrogens with zero attached hydrogens (tertiary/aromatic N) is 2. The molecule has 2 heterocycles. The van der Waals surface area contributed by atoms with Crippen LogP contribution in [0, 0.1) is 0 Å². The van der Waals surface area contributed by atoms with Gasteiger partial charge in [0.1, 0.15) is 0 Å². The van der Waals surface area contributed by atoms with Gasteiger partial charge in [0.15, 0.2) is 9.84 Å². The first-order valence-electron chi connectivity index (χ1n) is 6.91. The molecule has 0 aromatic rings. The molecule has 0 bridgehead atoms. The second-order valence-corrected chi connectivity index (χ2v) is 7.90. The van der Waals surface area contributed by atoms with Gasteiger partial charge in [0.2, 0.25) is 5.91 Å². The summed E-state index contributed by atoms with van der Waals surface area (Å²) in [5.41, 5.74) is 0. The summed E-state index contributed by atoms with van der Waals surface area (Å²) in [5, 5.41) is 2.91. The Labute approximate surface area is 115 Å². The van der Waals surface area contributed by atoms with E-state index in [0.29, 0.717) is 26.1 Å². The molecule has 19 heavy (non-hydrogen) atoms. The highest BCUT2D eigenvalue weighted by Gasteiger charge is 2.29. The van der Waals surface area contributed by atoms with Gasteiger partial charge in [-0.2, -0.15) is 0 Å². The molecular formula is C12H23N3O3S. The highest BCUT2D eigenvalue weighted by atomic mass is 32.2. The average molecular weight is 289 g/mol. The SMILES string of the molecule is CC1CN(CCC(=O)N2CCNCC2)CCS1(=O)=O. The van der Waals surface area contributed by atoms with Gasteiger partial charge in [-0.15, -0.1) is 0 Å². The largest absolute Gasteiger partial charge is 0.340 e. The van der Waals surface area contributed by atoms with Gasteiger partial charge in [0, 0.05) is 52.2 Å². The summed E-state index contributed by atoms with van der Waals surface area (Å²) in [6.07, 6.45) is 0.493. The molecule has 1 amide bonds. The van der Waals surface area contributed by atoms with Gasteiger partial charge in [0.25, 0.3) is 0 Å². The van der Waals surface area contributed by atoms with Gasteiger partial charge in [-0.05, 0) is 6.92 Å². The minimum atomic E-state index is -2.90. The van der Waals surface area contributed by atoms with Gasteiger partial charge in [0.05, 0.1) is 11.0 Å². The number of carbonyl (C=O) groups is 1. The second-order valence-electron chi connectivity index (χ2n) is 5.36. The molecule has 2 rings (SSSR count). The Morgan fingerprint density at radius 2 is 1.95 bits per heavy atom. The van der Waals surface area contributed by atoms with Crippen LogP contribution in [-0.2, 0) is 14.6 Å². The summed E-state index contributed by atoms with van der Waals surface area (Å²) in [7, 11) is -2.90. The first-order chi connectivity index (χ1) is 8.99. The van der Waals surface area contributed by atoms with Gasteiger partial charge < -0.3 is 15.1 Å². The summed E-state index contributed by atoms with van der Waals surface area (Å²) in [5.74, 6) is 0.401. The lowest BCUT2D eigenvalue weighted by atomic mass is 10.2. The van der Waals surface area contributed by atoms with Crippen LogP contribution in [0.15, 0.2) is 0 Å². The molecule has 6 nitrogen and oxygen atoms in total. The van der Waals surface area contributed by atoms with Crippen molar-refractivity contribution in [1.29, 1.82) is 0 Å². The lowest BCUT2D eigenvalue weighted by molar-refractivity contribution is -0.132. The summed E-state index contributed by atoms with van der Waals surface area (Å²) in [6.45, 7) is 6.82. The Hall–Kier alpha value is -0.660. The average Bonchev–Trinajstić information content (AvgIpc) is 2.41. The van der Waals surface area contributed by atoms with E-state index in [4.69, 9.17) is 0 Å². The molecule has 0 aliphatic carbocycles. The first kappa shape index (κ1) is 14.7. The number of piperazine rings is 1. The molecule has 1 atom stereocenters. The molecule has 0 spiro atoms. The van der Waals surface area contributed by atoms with E-state index in [1.807, 2.05) is 4.90 Å². The monoisotopic (exact) mass is 289 g/mol. The van der Waals surface area contributed by atoms with Crippen LogP contribution >= 0.6 is 0 Å². The van der Waals surface area contributed by atoms with Crippen molar-refractivity contribution < 1.29 is 13.2 Å². The van der Waals surface area contributed by atoms with Gasteiger partial charge >= 0.3 is 0 Å². The smallest absolute Gasteiger partial charge is 0.223 e. The number of amides is 1. The first-order valence-corrected chi connectivity index (χ1v) is 8.63. The van der Waals surface area contributed by atoms with Crippen LogP contribution in [-0.4, -0.2) is 80.9 Å². The van der Waals surface area contributed by atoms with E-state index >= 15 is 0 Å². The Morgan fingerprint density at radius 1 is 1.26 bits per heavy atom. The number of hydrogen-bond donors (Lipinski definition) is 1. The van der Waals surface area contributed by atoms with Crippen LogP contribution in [0.4, 0.5) is 0 Å². The molecule has 1 unspecified atom stereocenters. The Kier molecular flexibility index (Phi) is 4.81. The van der Waals surface area contributed by atoms with Crippen LogP contribution in [0.5, 0.6) is 0 Å². The van der Waals surface area contributed by atoms with E-state index in [1.165, 1.54) is 0 Å². The highest BCUT2D eigenvalue weighted by molar-refractivity contribution is 7.92. The maximum absolute atomic E-state index is 12.0. The summed E-state index contributed by atoms with van der Waals surface area (Å²) < 4.78 is 23.2. The molecule has 0 aromatic heterocycles. The van der Waals surface area contributed by atoms with E-state index in [-0.39, 0.29) is 16.9 Å². The lowest BCUT2D eigenvalue weighted by Gasteiger charge is -2.32. The third kappa shape index (κ3) is 3.90. The van der Waals surface area contributed by atoms with Crippen LogP contribution in [0.1, 0.15) is 13.3 Å². The Morgan fingerprint density at radius 3 is 2.58 bits per heavy atom. The zero-order valence-electron chi connectivity index (χ0n) is 11.5. The Bertz CT molecular complexity index is 418. The van der Waals surface area contributed by atoms with Crippen molar-refractivity contribution in [2.75, 3.05) is 51.6 Å².